The van der Waals surface area contributed by atoms with Gasteiger partial charge in [-0.25, -0.2) is 14.6 Å². The van der Waals surface area contributed by atoms with Gasteiger partial charge in [0, 0.05) is 10.2 Å². The summed E-state index contributed by atoms with van der Waals surface area (Å²) in [5, 5.41) is 18.0. The number of nitrogens with zero attached hydrogens (tertiary/aromatic N) is 5. The zero-order chi connectivity index (χ0) is 23.2. The third kappa shape index (κ3) is 5.75. The fourth-order valence-corrected chi connectivity index (χ4v) is 3.45. The van der Waals surface area contributed by atoms with E-state index in [0.717, 1.165) is 21.2 Å². The highest BCUT2D eigenvalue weighted by atomic mass is 79.9. The number of halogens is 1. The number of anilines is 2. The maximum absolute atomic E-state index is 10.1. The van der Waals surface area contributed by atoms with E-state index in [9.17, 15) is 10.1 Å². The summed E-state index contributed by atoms with van der Waals surface area (Å²) in [7, 11) is 0. The normalized spacial score (nSPS) is 10.8. The van der Waals surface area contributed by atoms with E-state index in [2.05, 4.69) is 41.2 Å². The summed E-state index contributed by atoms with van der Waals surface area (Å²) in [4.78, 5) is 23.5. The number of hydrogen-bond donors (Lipinski definition) is 1. The van der Waals surface area contributed by atoms with Crippen molar-refractivity contribution < 1.29 is 14.7 Å². The summed E-state index contributed by atoms with van der Waals surface area (Å²) in [6.45, 7) is 2.37. The molecule has 0 aliphatic carbocycles. The van der Waals surface area contributed by atoms with Crippen molar-refractivity contribution in [1.82, 2.24) is 19.7 Å². The van der Waals surface area contributed by atoms with Crippen molar-refractivity contribution in [3.63, 3.8) is 0 Å². The van der Waals surface area contributed by atoms with E-state index in [1.165, 1.54) is 0 Å². The molecule has 0 amide bonds. The third-order valence-corrected chi connectivity index (χ3v) is 5.26. The van der Waals surface area contributed by atoms with Gasteiger partial charge in [0.1, 0.15) is 17.4 Å². The van der Waals surface area contributed by atoms with Crippen LogP contribution in [0.2, 0.25) is 0 Å². The van der Waals surface area contributed by atoms with Crippen LogP contribution >= 0.6 is 15.9 Å². The summed E-state index contributed by atoms with van der Waals surface area (Å²) in [6, 6.07) is 15.4. The van der Waals surface area contributed by atoms with Gasteiger partial charge in [-0.1, -0.05) is 15.9 Å². The zero-order valence-corrected chi connectivity index (χ0v) is 19.4. The zero-order valence-electron chi connectivity index (χ0n) is 17.8. The minimum absolute atomic E-state index is 0.0738. The number of rotatable bonds is 10. The van der Waals surface area contributed by atoms with Crippen LogP contribution in [0.1, 0.15) is 18.7 Å². The Morgan fingerprint density at radius 3 is 2.52 bits per heavy atom. The molecule has 0 aliphatic heterocycles. The molecule has 0 spiro atoms. The molecule has 11 heteroatoms. The Kier molecular flexibility index (Phi) is 6.98. The number of nitrogens with one attached hydrogen (secondary N) is 1. The molecule has 170 valence electrons. The summed E-state index contributed by atoms with van der Waals surface area (Å²) in [5.41, 5.74) is 2.47. The Labute approximate surface area is 197 Å². The quantitative estimate of drug-likeness (QED) is 0.179. The molecule has 0 bridgehead atoms. The fraction of sp³-hybridized carbons (Fsp3) is 0.227. The number of unbranched alkanes of at least 4 members (excludes halogenated alkanes) is 1. The summed E-state index contributed by atoms with van der Waals surface area (Å²) >= 11 is 3.45. The summed E-state index contributed by atoms with van der Waals surface area (Å²) < 4.78 is 8.45. The highest BCUT2D eigenvalue weighted by Crippen LogP contribution is 2.27. The average molecular weight is 513 g/mol. The van der Waals surface area contributed by atoms with Crippen LogP contribution in [0.4, 0.5) is 11.5 Å². The van der Waals surface area contributed by atoms with Crippen LogP contribution < -0.4 is 10.1 Å². The van der Waals surface area contributed by atoms with Crippen molar-refractivity contribution >= 4 is 38.5 Å². The van der Waals surface area contributed by atoms with Crippen molar-refractivity contribution in [3.8, 4) is 11.4 Å². The van der Waals surface area contributed by atoms with E-state index >= 15 is 0 Å². The standard InChI is InChI=1S/C22H21BrN6O4/c1-15-25-21(20-14-24-28(22(20)26-15)18-8-4-16(23)5-9-18)27-17-6-10-19(11-7-17)32-12-2-3-13-33-29(30)31/h4-11,14H,2-3,12-13H2,1H3,(H,25,26,27). The van der Waals surface area contributed by atoms with Crippen molar-refractivity contribution in [3.05, 3.63) is 75.1 Å². The Morgan fingerprint density at radius 1 is 1.06 bits per heavy atom. The van der Waals surface area contributed by atoms with E-state index < -0.39 is 5.09 Å². The number of benzene rings is 2. The van der Waals surface area contributed by atoms with Crippen LogP contribution in [-0.2, 0) is 4.84 Å². The Bertz CT molecular complexity index is 1240. The molecule has 0 saturated carbocycles. The first-order valence-electron chi connectivity index (χ1n) is 10.2. The Balaban J connectivity index is 1.43. The van der Waals surface area contributed by atoms with Crippen LogP contribution in [0.3, 0.4) is 0 Å². The monoisotopic (exact) mass is 512 g/mol. The van der Waals surface area contributed by atoms with Gasteiger partial charge in [-0.3, -0.25) is 0 Å². The SMILES string of the molecule is Cc1nc(Nc2ccc(OCCCCO[N+](=O)[O-])cc2)c2cnn(-c3ccc(Br)cc3)c2n1. The van der Waals surface area contributed by atoms with Crippen molar-refractivity contribution in [1.29, 1.82) is 0 Å². The van der Waals surface area contributed by atoms with Gasteiger partial charge in [-0.05, 0) is 68.3 Å². The maximum Gasteiger partial charge on any atom is 0.294 e. The molecule has 0 aliphatic rings. The molecule has 1 N–H and O–H groups in total. The van der Waals surface area contributed by atoms with Gasteiger partial charge >= 0.3 is 0 Å². The fourth-order valence-electron chi connectivity index (χ4n) is 3.19. The minimum atomic E-state index is -0.786. The first-order valence-corrected chi connectivity index (χ1v) is 11.0. The smallest absolute Gasteiger partial charge is 0.294 e. The second-order valence-corrected chi connectivity index (χ2v) is 8.07. The number of hydrogen-bond acceptors (Lipinski definition) is 8. The van der Waals surface area contributed by atoms with E-state index in [1.807, 2.05) is 55.5 Å². The Morgan fingerprint density at radius 2 is 1.79 bits per heavy atom. The molecule has 4 aromatic rings. The summed E-state index contributed by atoms with van der Waals surface area (Å²) in [6.07, 6.45) is 2.96. The van der Waals surface area contributed by atoms with E-state index in [1.54, 1.807) is 10.9 Å². The van der Waals surface area contributed by atoms with Gasteiger partial charge in [0.2, 0.25) is 0 Å². The predicted octanol–water partition coefficient (Wildman–Crippen LogP) is 5.00. The number of fused-ring (bicyclic) bond motifs is 1. The number of aryl methyl sites for hydroxylation is 1. The van der Waals surface area contributed by atoms with Crippen LogP contribution in [0.15, 0.2) is 59.2 Å². The van der Waals surface area contributed by atoms with Crippen LogP contribution in [0.25, 0.3) is 16.7 Å². The molecule has 2 heterocycles. The van der Waals surface area contributed by atoms with Gasteiger partial charge in [0.05, 0.1) is 30.5 Å². The highest BCUT2D eigenvalue weighted by molar-refractivity contribution is 9.10. The molecule has 0 atom stereocenters. The molecule has 0 unspecified atom stereocenters. The lowest BCUT2D eigenvalue weighted by atomic mass is 10.3. The van der Waals surface area contributed by atoms with Gasteiger partial charge in [-0.2, -0.15) is 5.10 Å². The molecule has 2 aromatic carbocycles. The van der Waals surface area contributed by atoms with Crippen molar-refractivity contribution in [2.45, 2.75) is 19.8 Å². The molecule has 10 nitrogen and oxygen atoms in total. The van der Waals surface area contributed by atoms with Gasteiger partial charge in [0.15, 0.2) is 5.65 Å². The van der Waals surface area contributed by atoms with Crippen molar-refractivity contribution in [2.24, 2.45) is 0 Å². The van der Waals surface area contributed by atoms with Crippen LogP contribution in [0.5, 0.6) is 5.75 Å². The average Bonchev–Trinajstić information content (AvgIpc) is 3.21. The van der Waals surface area contributed by atoms with Gasteiger partial charge in [0.25, 0.3) is 5.09 Å². The molecule has 2 aromatic heterocycles. The van der Waals surface area contributed by atoms with Crippen LogP contribution in [0, 0.1) is 17.0 Å². The maximum atomic E-state index is 10.1. The predicted molar refractivity (Wildman–Crippen MR) is 126 cm³/mol. The van der Waals surface area contributed by atoms with E-state index in [4.69, 9.17) is 4.74 Å². The van der Waals surface area contributed by atoms with Crippen molar-refractivity contribution in [2.75, 3.05) is 18.5 Å². The molecular weight excluding hydrogens is 492 g/mol. The molecule has 4 rings (SSSR count). The molecular formula is C22H21BrN6O4. The second-order valence-electron chi connectivity index (χ2n) is 7.15. The number of aromatic nitrogens is 4. The molecule has 33 heavy (non-hydrogen) atoms. The highest BCUT2D eigenvalue weighted by Gasteiger charge is 2.13. The lowest BCUT2D eigenvalue weighted by molar-refractivity contribution is -0.757. The third-order valence-electron chi connectivity index (χ3n) is 4.73. The first kappa shape index (κ1) is 22.5. The number of ether oxygens (including phenoxy) is 1. The van der Waals surface area contributed by atoms with Crippen LogP contribution in [-0.4, -0.2) is 38.0 Å². The lowest BCUT2D eigenvalue weighted by Gasteiger charge is -2.10. The van der Waals surface area contributed by atoms with Gasteiger partial charge < -0.3 is 14.9 Å². The lowest BCUT2D eigenvalue weighted by Crippen LogP contribution is -2.04. The topological polar surface area (TPSA) is 117 Å². The van der Waals surface area contributed by atoms with E-state index in [0.29, 0.717) is 42.5 Å². The molecule has 0 fully saturated rings. The Hall–Kier alpha value is -3.73. The molecule has 0 radical (unpaired) electrons. The van der Waals surface area contributed by atoms with Gasteiger partial charge in [-0.15, -0.1) is 10.1 Å². The minimum Gasteiger partial charge on any atom is -0.494 e. The largest absolute Gasteiger partial charge is 0.494 e. The van der Waals surface area contributed by atoms with E-state index in [-0.39, 0.29) is 6.61 Å². The molecule has 0 saturated heterocycles. The first-order chi connectivity index (χ1) is 16.0. The summed E-state index contributed by atoms with van der Waals surface area (Å²) in [5.74, 6) is 2.01. The second kappa shape index (κ2) is 10.3.